The largest absolute Gasteiger partial charge is 0.510 e. The molecule has 0 fully saturated rings. The Morgan fingerprint density at radius 2 is 2.43 bits per heavy atom. The number of ether oxygens (including phenoxy) is 1. The van der Waals surface area contributed by atoms with E-state index in [4.69, 9.17) is 22.1 Å². The molecule has 2 rings (SSSR count). The smallest absolute Gasteiger partial charge is 0.151 e. The highest BCUT2D eigenvalue weighted by atomic mass is 35.5. The summed E-state index contributed by atoms with van der Waals surface area (Å²) in [6.07, 6.45) is 4.51. The summed E-state index contributed by atoms with van der Waals surface area (Å²) in [7, 11) is 0. The Balaban J connectivity index is 2.24. The molecule has 2 heterocycles. The van der Waals surface area contributed by atoms with Gasteiger partial charge >= 0.3 is 0 Å². The minimum Gasteiger partial charge on any atom is -0.510 e. The molecule has 0 radical (unpaired) electrons. The van der Waals surface area contributed by atoms with E-state index < -0.39 is 6.10 Å². The maximum atomic E-state index is 9.49. The molecule has 0 aromatic heterocycles. The summed E-state index contributed by atoms with van der Waals surface area (Å²) >= 11 is 5.79. The third-order valence-electron chi connectivity index (χ3n) is 3.07. The molecule has 21 heavy (non-hydrogen) atoms. The average molecular weight is 309 g/mol. The summed E-state index contributed by atoms with van der Waals surface area (Å²) in [5.74, 6) is 0.372. The van der Waals surface area contributed by atoms with Crippen LogP contribution in [0, 0.1) is 0 Å². The number of halogens is 1. The minimum absolute atomic E-state index is 0.108. The van der Waals surface area contributed by atoms with Gasteiger partial charge in [0.15, 0.2) is 5.84 Å². The normalized spacial score (nSPS) is 19.3. The van der Waals surface area contributed by atoms with E-state index in [1.54, 1.807) is 17.2 Å². The first-order valence-electron chi connectivity index (χ1n) is 6.50. The number of hydrogen-bond acceptors (Lipinski definition) is 6. The second kappa shape index (κ2) is 6.63. The molecule has 2 atom stereocenters. The van der Waals surface area contributed by atoms with E-state index in [0.29, 0.717) is 23.7 Å². The first-order chi connectivity index (χ1) is 10.1. The van der Waals surface area contributed by atoms with Crippen LogP contribution in [-0.4, -0.2) is 40.4 Å². The lowest BCUT2D eigenvalue weighted by Crippen LogP contribution is -2.37. The summed E-state index contributed by atoms with van der Waals surface area (Å²) in [5, 5.41) is 15.3. The van der Waals surface area contributed by atoms with Crippen molar-refractivity contribution < 1.29 is 9.84 Å². The van der Waals surface area contributed by atoms with Gasteiger partial charge in [0, 0.05) is 0 Å². The number of amidine groups is 1. The lowest BCUT2D eigenvalue weighted by molar-refractivity contribution is 0.00655. The van der Waals surface area contributed by atoms with E-state index in [1.807, 2.05) is 6.92 Å². The third kappa shape index (κ3) is 3.19. The van der Waals surface area contributed by atoms with Gasteiger partial charge < -0.3 is 15.6 Å². The van der Waals surface area contributed by atoms with Crippen molar-refractivity contribution in [3.63, 3.8) is 0 Å². The first kappa shape index (κ1) is 15.4. The molecule has 0 amide bonds. The number of fused-ring (bicyclic) bond motifs is 1. The van der Waals surface area contributed by atoms with Crippen molar-refractivity contribution in [3.05, 3.63) is 41.6 Å². The molecule has 2 aliphatic rings. The fraction of sp³-hybridized carbons (Fsp3) is 0.357. The number of nitrogens with zero attached hydrogens (tertiary/aromatic N) is 3. The standard InChI is InChI=1S/C14H17ClN4O2/c1-3-12(21-13(7-15)9(2)20)10-5-4-6-11-14(16)17-8-18-19(10)11/h4,6,8,12-13,20H,2-3,7H2,1H3,(H2,16,17,18). The van der Waals surface area contributed by atoms with E-state index in [1.165, 1.54) is 6.34 Å². The van der Waals surface area contributed by atoms with Crippen LogP contribution < -0.4 is 5.73 Å². The molecule has 112 valence electrons. The molecule has 3 N–H and O–H groups in total. The van der Waals surface area contributed by atoms with Crippen molar-refractivity contribution in [1.29, 1.82) is 0 Å². The van der Waals surface area contributed by atoms with Crippen molar-refractivity contribution in [2.45, 2.75) is 25.6 Å². The molecule has 6 nitrogen and oxygen atoms in total. The second-order valence-electron chi connectivity index (χ2n) is 4.47. The highest BCUT2D eigenvalue weighted by molar-refractivity contribution is 6.18. The molecular weight excluding hydrogens is 292 g/mol. The number of rotatable bonds is 6. The summed E-state index contributed by atoms with van der Waals surface area (Å²) in [4.78, 5) is 3.95. The number of aliphatic hydroxyl groups excluding tert-OH is 1. The van der Waals surface area contributed by atoms with Crippen molar-refractivity contribution in [2.24, 2.45) is 15.8 Å². The van der Waals surface area contributed by atoms with Gasteiger partial charge in [-0.2, -0.15) is 5.10 Å². The van der Waals surface area contributed by atoms with Gasteiger partial charge in [0.1, 0.15) is 35.7 Å². The van der Waals surface area contributed by atoms with Gasteiger partial charge in [-0.15, -0.1) is 11.6 Å². The first-order valence-corrected chi connectivity index (χ1v) is 7.04. The quantitative estimate of drug-likeness (QED) is 0.447. The Morgan fingerprint density at radius 3 is 3.05 bits per heavy atom. The average Bonchev–Trinajstić information content (AvgIpc) is 2.48. The number of aliphatic hydroxyl groups is 1. The topological polar surface area (TPSA) is 83.4 Å². The molecule has 2 unspecified atom stereocenters. The Kier molecular flexibility index (Phi) is 4.85. The molecule has 0 saturated heterocycles. The van der Waals surface area contributed by atoms with Gasteiger partial charge in [-0.25, -0.2) is 10.0 Å². The fourth-order valence-corrected chi connectivity index (χ4v) is 2.23. The van der Waals surface area contributed by atoms with Crippen LogP contribution in [0.15, 0.2) is 51.7 Å². The van der Waals surface area contributed by atoms with Gasteiger partial charge in [0.25, 0.3) is 0 Å². The molecule has 0 aliphatic carbocycles. The minimum atomic E-state index is -0.653. The molecular formula is C14H17ClN4O2. The second-order valence-corrected chi connectivity index (χ2v) is 4.78. The van der Waals surface area contributed by atoms with Crippen LogP contribution in [-0.2, 0) is 4.74 Å². The zero-order valence-electron chi connectivity index (χ0n) is 11.7. The van der Waals surface area contributed by atoms with Gasteiger partial charge in [0.2, 0.25) is 0 Å². The van der Waals surface area contributed by atoms with Gasteiger partial charge in [-0.05, 0) is 18.6 Å². The lowest BCUT2D eigenvalue weighted by atomic mass is 10.1. The fourth-order valence-electron chi connectivity index (χ4n) is 1.98. The van der Waals surface area contributed by atoms with Crippen LogP contribution in [0.4, 0.5) is 0 Å². The number of nitrogens with two attached hydrogens (primary N) is 1. The van der Waals surface area contributed by atoms with E-state index >= 15 is 0 Å². The van der Waals surface area contributed by atoms with Crippen LogP contribution in [0.5, 0.6) is 0 Å². The predicted octanol–water partition coefficient (Wildman–Crippen LogP) is 2.01. The van der Waals surface area contributed by atoms with Crippen LogP contribution in [0.25, 0.3) is 0 Å². The maximum absolute atomic E-state index is 9.49. The van der Waals surface area contributed by atoms with E-state index in [2.05, 4.69) is 22.4 Å². The summed E-state index contributed by atoms with van der Waals surface area (Å²) in [5.41, 5.74) is 10.3. The highest BCUT2D eigenvalue weighted by Gasteiger charge is 2.29. The molecule has 0 aromatic rings. The summed E-state index contributed by atoms with van der Waals surface area (Å²) < 4.78 is 5.81. The monoisotopic (exact) mass is 308 g/mol. The van der Waals surface area contributed by atoms with Crippen LogP contribution in [0.3, 0.4) is 0 Å². The van der Waals surface area contributed by atoms with Gasteiger partial charge in [-0.1, -0.05) is 19.2 Å². The Labute approximate surface area is 128 Å². The molecule has 0 aromatic carbocycles. The van der Waals surface area contributed by atoms with E-state index in [-0.39, 0.29) is 17.7 Å². The zero-order chi connectivity index (χ0) is 15.4. The highest BCUT2D eigenvalue weighted by Crippen LogP contribution is 2.26. The maximum Gasteiger partial charge on any atom is 0.151 e. The summed E-state index contributed by atoms with van der Waals surface area (Å²) in [6.45, 7) is 5.42. The number of aliphatic imine (C=N–C) groups is 1. The molecule has 0 spiro atoms. The molecule has 0 saturated carbocycles. The summed E-state index contributed by atoms with van der Waals surface area (Å²) in [6, 6.07) is 0. The zero-order valence-corrected chi connectivity index (χ0v) is 12.4. The lowest BCUT2D eigenvalue weighted by Gasteiger charge is -2.31. The van der Waals surface area contributed by atoms with Gasteiger partial charge in [0.05, 0.1) is 5.88 Å². The molecule has 7 heteroatoms. The third-order valence-corrected chi connectivity index (χ3v) is 3.35. The SMILES string of the molecule is C=C(O)C(CCl)OC(CC)C1=C=CC=C2C(N)=NC=NN12. The van der Waals surface area contributed by atoms with Crippen LogP contribution >= 0.6 is 11.6 Å². The van der Waals surface area contributed by atoms with Crippen molar-refractivity contribution in [1.82, 2.24) is 5.01 Å². The Morgan fingerprint density at radius 1 is 1.67 bits per heavy atom. The van der Waals surface area contributed by atoms with E-state index in [9.17, 15) is 5.11 Å². The number of hydrazone groups is 1. The Bertz CT molecular complexity index is 588. The van der Waals surface area contributed by atoms with Crippen molar-refractivity contribution in [3.8, 4) is 0 Å². The molecule has 0 bridgehead atoms. The van der Waals surface area contributed by atoms with Crippen LogP contribution in [0.1, 0.15) is 13.3 Å². The van der Waals surface area contributed by atoms with Crippen molar-refractivity contribution >= 4 is 23.8 Å². The van der Waals surface area contributed by atoms with Gasteiger partial charge in [-0.3, -0.25) is 0 Å². The molecule has 2 aliphatic heterocycles. The van der Waals surface area contributed by atoms with Crippen molar-refractivity contribution in [2.75, 3.05) is 5.88 Å². The number of allylic oxidation sites excluding steroid dienone is 1. The number of alkyl halides is 1. The Hall–Kier alpha value is -2.01. The number of hydrogen-bond donors (Lipinski definition) is 2. The predicted molar refractivity (Wildman–Crippen MR) is 83.1 cm³/mol. The van der Waals surface area contributed by atoms with Crippen LogP contribution in [0.2, 0.25) is 0 Å². The van der Waals surface area contributed by atoms with E-state index in [0.717, 1.165) is 0 Å².